The van der Waals surface area contributed by atoms with E-state index >= 15 is 0 Å². The van der Waals surface area contributed by atoms with Crippen LogP contribution in [0.15, 0.2) is 18.2 Å². The molecular weight excluding hydrogens is 430 g/mol. The zero-order valence-corrected chi connectivity index (χ0v) is 22.0. The molecule has 0 unspecified atom stereocenters. The summed E-state index contributed by atoms with van der Waals surface area (Å²) in [5, 5.41) is 6.62. The number of hydrogen-bond acceptors (Lipinski definition) is 5. The Balaban J connectivity index is 1.68. The number of ether oxygens (including phenoxy) is 2. The molecule has 3 atom stereocenters. The van der Waals surface area contributed by atoms with E-state index < -0.39 is 11.2 Å². The summed E-state index contributed by atoms with van der Waals surface area (Å²) >= 11 is 0. The van der Waals surface area contributed by atoms with E-state index in [1.807, 2.05) is 46.4 Å². The van der Waals surface area contributed by atoms with Crippen LogP contribution >= 0.6 is 0 Å². The Labute approximate surface area is 204 Å². The number of alkyl carbamates (subject to hydrolysis) is 1. The van der Waals surface area contributed by atoms with E-state index in [1.54, 1.807) is 0 Å². The number of likely N-dealkylation sites (tertiary alicyclic amines) is 1. The topological polar surface area (TPSA) is 79.9 Å². The van der Waals surface area contributed by atoms with E-state index in [0.29, 0.717) is 12.5 Å². The summed E-state index contributed by atoms with van der Waals surface area (Å²) in [4.78, 5) is 27.0. The van der Waals surface area contributed by atoms with Crippen LogP contribution in [0.1, 0.15) is 90.8 Å². The second-order valence-corrected chi connectivity index (χ2v) is 11.7. The van der Waals surface area contributed by atoms with Gasteiger partial charge in [0.25, 0.3) is 0 Å². The van der Waals surface area contributed by atoms with E-state index in [1.165, 1.54) is 11.1 Å². The Hall–Kier alpha value is -2.44. The number of rotatable bonds is 5. The zero-order valence-electron chi connectivity index (χ0n) is 22.0. The summed E-state index contributed by atoms with van der Waals surface area (Å²) in [7, 11) is 0. The molecule has 1 fully saturated rings. The van der Waals surface area contributed by atoms with Crippen molar-refractivity contribution in [3.63, 3.8) is 0 Å². The van der Waals surface area contributed by atoms with E-state index in [0.717, 1.165) is 44.3 Å². The van der Waals surface area contributed by atoms with Crippen molar-refractivity contribution in [2.75, 3.05) is 18.4 Å². The van der Waals surface area contributed by atoms with Crippen molar-refractivity contribution in [2.24, 2.45) is 5.92 Å². The molecule has 2 N–H and O–H groups in total. The van der Waals surface area contributed by atoms with E-state index in [-0.39, 0.29) is 24.3 Å². The summed E-state index contributed by atoms with van der Waals surface area (Å²) in [5.74, 6) is 0.328. The number of aryl methyl sites for hydroxylation is 1. The molecule has 3 rings (SSSR count). The minimum absolute atomic E-state index is 0.0182. The lowest BCUT2D eigenvalue weighted by atomic mass is 9.75. The van der Waals surface area contributed by atoms with Crippen LogP contribution in [-0.2, 0) is 9.47 Å². The summed E-state index contributed by atoms with van der Waals surface area (Å²) < 4.78 is 11.1. The number of carbonyl (C=O) groups excluding carboxylic acids is 2. The number of nitrogens with one attached hydrogen (secondary N) is 2. The molecule has 2 heterocycles. The van der Waals surface area contributed by atoms with E-state index in [9.17, 15) is 9.59 Å². The van der Waals surface area contributed by atoms with Gasteiger partial charge in [-0.05, 0) is 92.2 Å². The fraction of sp³-hybridized carbons (Fsp3) is 0.704. The van der Waals surface area contributed by atoms with Crippen molar-refractivity contribution in [3.8, 4) is 0 Å². The molecule has 34 heavy (non-hydrogen) atoms. The second-order valence-electron chi connectivity index (χ2n) is 11.7. The van der Waals surface area contributed by atoms with Gasteiger partial charge in [-0.15, -0.1) is 0 Å². The molecule has 2 aliphatic rings. The summed E-state index contributed by atoms with van der Waals surface area (Å²) in [6.07, 6.45) is 4.29. The normalized spacial score (nSPS) is 22.2. The summed E-state index contributed by atoms with van der Waals surface area (Å²) in [5.41, 5.74) is 2.49. The lowest BCUT2D eigenvalue weighted by molar-refractivity contribution is -0.00405. The van der Waals surface area contributed by atoms with Crippen LogP contribution in [0.3, 0.4) is 0 Å². The highest BCUT2D eigenvalue weighted by Crippen LogP contribution is 2.47. The van der Waals surface area contributed by atoms with Crippen LogP contribution in [-0.4, -0.2) is 47.4 Å². The fourth-order valence-electron chi connectivity index (χ4n) is 5.02. The molecule has 1 aromatic rings. The maximum absolute atomic E-state index is 13.2. The Bertz CT molecular complexity index is 872. The third kappa shape index (κ3) is 7.03. The van der Waals surface area contributed by atoms with Gasteiger partial charge >= 0.3 is 12.2 Å². The zero-order chi connectivity index (χ0) is 25.1. The number of benzene rings is 1. The minimum atomic E-state index is -0.521. The first-order valence-electron chi connectivity index (χ1n) is 12.7. The first-order valence-corrected chi connectivity index (χ1v) is 12.7. The molecule has 0 bridgehead atoms. The molecule has 1 aromatic carbocycles. The SMILES string of the molecule is Cc1ccc2c(c1)[C@@H]1[C@@H](CCCN1C(=O)OC(C)(C)C)[C@@H](CCCCNC(=O)OC(C)(C)C)N2. The van der Waals surface area contributed by atoms with Crippen molar-refractivity contribution < 1.29 is 19.1 Å². The van der Waals surface area contributed by atoms with Crippen LogP contribution < -0.4 is 10.6 Å². The highest BCUT2D eigenvalue weighted by molar-refractivity contribution is 5.71. The van der Waals surface area contributed by atoms with Crippen molar-refractivity contribution in [2.45, 2.75) is 104 Å². The van der Waals surface area contributed by atoms with Gasteiger partial charge in [0.05, 0.1) is 6.04 Å². The largest absolute Gasteiger partial charge is 0.444 e. The summed E-state index contributed by atoms with van der Waals surface area (Å²) in [6, 6.07) is 6.76. The standard InChI is InChI=1S/C27H43N3O4/c1-18-13-14-22-20(17-18)23-19(11-10-16-30(23)25(32)34-27(5,6)7)21(29-22)12-8-9-15-28-24(31)33-26(2,3)4/h13-14,17,19,21,23,29H,8-12,15-16H2,1-7H3,(H,28,31)/t19-,21+,23-/m0/s1. The molecule has 0 spiro atoms. The highest BCUT2D eigenvalue weighted by Gasteiger charge is 2.44. The van der Waals surface area contributed by atoms with Crippen molar-refractivity contribution in [1.82, 2.24) is 10.2 Å². The number of hydrogen-bond donors (Lipinski definition) is 2. The monoisotopic (exact) mass is 473 g/mol. The average Bonchev–Trinajstić information content (AvgIpc) is 2.70. The molecule has 0 aromatic heterocycles. The van der Waals surface area contributed by atoms with Crippen LogP contribution in [0.2, 0.25) is 0 Å². The van der Waals surface area contributed by atoms with Gasteiger partial charge in [0.15, 0.2) is 0 Å². The van der Waals surface area contributed by atoms with Gasteiger partial charge in [0.1, 0.15) is 11.2 Å². The number of carbonyl (C=O) groups is 2. The van der Waals surface area contributed by atoms with Gasteiger partial charge in [-0.3, -0.25) is 0 Å². The molecule has 0 saturated carbocycles. The number of piperidine rings is 1. The van der Waals surface area contributed by atoms with Gasteiger partial charge in [-0.25, -0.2) is 9.59 Å². The molecule has 0 aliphatic carbocycles. The molecule has 0 radical (unpaired) electrons. The molecular formula is C27H43N3O4. The Morgan fingerprint density at radius 2 is 1.79 bits per heavy atom. The van der Waals surface area contributed by atoms with Gasteiger partial charge < -0.3 is 25.0 Å². The number of fused-ring (bicyclic) bond motifs is 3. The number of anilines is 1. The number of amides is 2. The molecule has 190 valence electrons. The van der Waals surface area contributed by atoms with E-state index in [2.05, 4.69) is 35.8 Å². The van der Waals surface area contributed by atoms with Gasteiger partial charge in [-0.2, -0.15) is 0 Å². The first kappa shape index (κ1) is 26.2. The highest BCUT2D eigenvalue weighted by atomic mass is 16.6. The molecule has 2 amide bonds. The summed E-state index contributed by atoms with van der Waals surface area (Å²) in [6.45, 7) is 14.7. The minimum Gasteiger partial charge on any atom is -0.444 e. The smallest absolute Gasteiger partial charge is 0.410 e. The lowest BCUT2D eigenvalue weighted by Gasteiger charge is -2.49. The second kappa shape index (κ2) is 10.4. The fourth-order valence-corrected chi connectivity index (χ4v) is 5.02. The Morgan fingerprint density at radius 3 is 2.47 bits per heavy atom. The predicted molar refractivity (Wildman–Crippen MR) is 135 cm³/mol. The number of nitrogens with zero attached hydrogens (tertiary/aromatic N) is 1. The predicted octanol–water partition coefficient (Wildman–Crippen LogP) is 6.17. The van der Waals surface area contributed by atoms with Gasteiger partial charge in [0, 0.05) is 30.7 Å². The molecule has 7 nitrogen and oxygen atoms in total. The lowest BCUT2D eigenvalue weighted by Crippen LogP contribution is -2.51. The molecule has 1 saturated heterocycles. The van der Waals surface area contributed by atoms with Crippen LogP contribution in [0, 0.1) is 12.8 Å². The molecule has 7 heteroatoms. The quantitative estimate of drug-likeness (QED) is 0.500. The maximum atomic E-state index is 13.2. The van der Waals surface area contributed by atoms with Crippen molar-refractivity contribution >= 4 is 17.9 Å². The van der Waals surface area contributed by atoms with Gasteiger partial charge in [-0.1, -0.05) is 17.7 Å². The Morgan fingerprint density at radius 1 is 1.09 bits per heavy atom. The van der Waals surface area contributed by atoms with Crippen LogP contribution in [0.25, 0.3) is 0 Å². The van der Waals surface area contributed by atoms with Crippen molar-refractivity contribution in [1.29, 1.82) is 0 Å². The van der Waals surface area contributed by atoms with E-state index in [4.69, 9.17) is 9.47 Å². The van der Waals surface area contributed by atoms with Crippen LogP contribution in [0.4, 0.5) is 15.3 Å². The number of unbranched alkanes of at least 4 members (excludes halogenated alkanes) is 1. The Kier molecular flexibility index (Phi) is 8.04. The van der Waals surface area contributed by atoms with Gasteiger partial charge in [0.2, 0.25) is 0 Å². The first-order chi connectivity index (χ1) is 15.8. The molecule has 2 aliphatic heterocycles. The average molecular weight is 474 g/mol. The van der Waals surface area contributed by atoms with Crippen molar-refractivity contribution in [3.05, 3.63) is 29.3 Å². The third-order valence-corrected chi connectivity index (χ3v) is 6.30. The van der Waals surface area contributed by atoms with Crippen LogP contribution in [0.5, 0.6) is 0 Å². The third-order valence-electron chi connectivity index (χ3n) is 6.30. The maximum Gasteiger partial charge on any atom is 0.410 e.